The Morgan fingerprint density at radius 2 is 1.88 bits per heavy atom. The highest BCUT2D eigenvalue weighted by Crippen LogP contribution is 2.43. The molecule has 25 heavy (non-hydrogen) atoms. The van der Waals surface area contributed by atoms with Crippen molar-refractivity contribution < 1.29 is 22.3 Å². The molecule has 0 saturated carbocycles. The van der Waals surface area contributed by atoms with Gasteiger partial charge >= 0.3 is 10.1 Å². The van der Waals surface area contributed by atoms with Crippen molar-refractivity contribution in [3.63, 3.8) is 0 Å². The largest absolute Gasteiger partial charge is 0.483 e. The molecule has 0 aliphatic carbocycles. The first kappa shape index (κ1) is 17.2. The second-order valence-electron chi connectivity index (χ2n) is 6.50. The van der Waals surface area contributed by atoms with E-state index in [-0.39, 0.29) is 11.3 Å². The van der Waals surface area contributed by atoms with Gasteiger partial charge in [0.25, 0.3) is 5.69 Å². The molecular weight excluding hydrogens is 346 g/mol. The van der Waals surface area contributed by atoms with Gasteiger partial charge in [-0.25, -0.2) is 0 Å². The van der Waals surface area contributed by atoms with E-state index in [0.29, 0.717) is 12.2 Å². The summed E-state index contributed by atoms with van der Waals surface area (Å²) in [6, 6.07) is 9.03. The van der Waals surface area contributed by atoms with Crippen molar-refractivity contribution in [2.75, 3.05) is 0 Å². The summed E-state index contributed by atoms with van der Waals surface area (Å²) in [7, 11) is -4.40. The minimum atomic E-state index is -4.40. The third kappa shape index (κ3) is 3.17. The van der Waals surface area contributed by atoms with Crippen molar-refractivity contribution in [1.29, 1.82) is 0 Å². The van der Waals surface area contributed by atoms with Crippen LogP contribution in [0.4, 0.5) is 5.69 Å². The summed E-state index contributed by atoms with van der Waals surface area (Å²) in [5.74, 6) is 0.382. The standard InChI is InChI=1S/C17H17NO6S/c1-11-6-4-8-13(18(19)20)16(11)25(21,22)24-14-9-5-7-12-10-17(2,3)23-15(12)14/h4-9H,10H2,1-3H3. The molecule has 1 aliphatic heterocycles. The maximum atomic E-state index is 12.7. The molecule has 2 aromatic carbocycles. The zero-order valence-corrected chi connectivity index (χ0v) is 14.8. The molecule has 1 heterocycles. The third-order valence-electron chi connectivity index (χ3n) is 3.89. The first-order chi connectivity index (χ1) is 11.6. The number of nitro benzene ring substituents is 1. The Morgan fingerprint density at radius 1 is 1.20 bits per heavy atom. The van der Waals surface area contributed by atoms with Crippen LogP contribution in [0.25, 0.3) is 0 Å². The molecule has 0 N–H and O–H groups in total. The Morgan fingerprint density at radius 3 is 2.56 bits per heavy atom. The fourth-order valence-electron chi connectivity index (χ4n) is 2.92. The van der Waals surface area contributed by atoms with Crippen LogP contribution in [0, 0.1) is 17.0 Å². The van der Waals surface area contributed by atoms with E-state index < -0.39 is 31.2 Å². The number of aryl methyl sites for hydroxylation is 1. The molecule has 0 fully saturated rings. The predicted molar refractivity (Wildman–Crippen MR) is 90.5 cm³/mol. The number of nitro groups is 1. The second-order valence-corrected chi connectivity index (χ2v) is 7.98. The highest BCUT2D eigenvalue weighted by molar-refractivity contribution is 7.87. The fourth-order valence-corrected chi connectivity index (χ4v) is 4.23. The van der Waals surface area contributed by atoms with E-state index in [1.807, 2.05) is 19.9 Å². The molecule has 1 aliphatic rings. The van der Waals surface area contributed by atoms with Crippen LogP contribution in [0.3, 0.4) is 0 Å². The SMILES string of the molecule is Cc1cccc([N+](=O)[O-])c1S(=O)(=O)Oc1cccc2c1OC(C)(C)C2. The van der Waals surface area contributed by atoms with Gasteiger partial charge in [-0.15, -0.1) is 0 Å². The zero-order chi connectivity index (χ0) is 18.4. The topological polar surface area (TPSA) is 95.7 Å². The summed E-state index contributed by atoms with van der Waals surface area (Å²) in [6.07, 6.45) is 0.615. The Bertz CT molecular complexity index is 965. The Labute approximate surface area is 145 Å². The van der Waals surface area contributed by atoms with Crippen LogP contribution >= 0.6 is 0 Å². The number of fused-ring (bicyclic) bond motifs is 1. The Hall–Kier alpha value is -2.61. The number of ether oxygens (including phenoxy) is 1. The highest BCUT2D eigenvalue weighted by Gasteiger charge is 2.35. The van der Waals surface area contributed by atoms with Gasteiger partial charge in [0, 0.05) is 18.1 Å². The second kappa shape index (κ2) is 5.73. The maximum absolute atomic E-state index is 12.7. The van der Waals surface area contributed by atoms with Gasteiger partial charge in [0.2, 0.25) is 0 Å². The maximum Gasteiger partial charge on any atom is 0.346 e. The van der Waals surface area contributed by atoms with Crippen molar-refractivity contribution in [1.82, 2.24) is 0 Å². The Kier molecular flexibility index (Phi) is 3.95. The molecule has 8 heteroatoms. The molecule has 132 valence electrons. The molecule has 3 rings (SSSR count). The lowest BCUT2D eigenvalue weighted by Gasteiger charge is -2.18. The minimum Gasteiger partial charge on any atom is -0.483 e. The average Bonchev–Trinajstić information content (AvgIpc) is 2.81. The van der Waals surface area contributed by atoms with E-state index in [9.17, 15) is 18.5 Å². The molecule has 0 saturated heterocycles. The van der Waals surface area contributed by atoms with E-state index >= 15 is 0 Å². The molecule has 0 unspecified atom stereocenters. The van der Waals surface area contributed by atoms with Crippen molar-refractivity contribution >= 4 is 15.8 Å². The van der Waals surface area contributed by atoms with E-state index in [4.69, 9.17) is 8.92 Å². The lowest BCUT2D eigenvalue weighted by atomic mass is 10.0. The van der Waals surface area contributed by atoms with Crippen LogP contribution in [0.15, 0.2) is 41.3 Å². The number of benzene rings is 2. The number of hydrogen-bond acceptors (Lipinski definition) is 6. The predicted octanol–water partition coefficient (Wildman–Crippen LogP) is 3.38. The Balaban J connectivity index is 2.07. The average molecular weight is 363 g/mol. The molecular formula is C17H17NO6S. The first-order valence-electron chi connectivity index (χ1n) is 7.60. The lowest BCUT2D eigenvalue weighted by molar-refractivity contribution is -0.388. The van der Waals surface area contributed by atoms with Gasteiger partial charge in [0.1, 0.15) is 5.60 Å². The lowest BCUT2D eigenvalue weighted by Crippen LogP contribution is -2.25. The van der Waals surface area contributed by atoms with Gasteiger partial charge in [-0.2, -0.15) is 8.42 Å². The van der Waals surface area contributed by atoms with Gasteiger partial charge in [-0.3, -0.25) is 10.1 Å². The van der Waals surface area contributed by atoms with Crippen LogP contribution in [0.5, 0.6) is 11.5 Å². The van der Waals surface area contributed by atoms with Gasteiger partial charge in [-0.05, 0) is 32.4 Å². The van der Waals surface area contributed by atoms with Crippen molar-refractivity contribution in [2.45, 2.75) is 37.7 Å². The fraction of sp³-hybridized carbons (Fsp3) is 0.294. The number of nitrogens with zero attached hydrogens (tertiary/aromatic N) is 1. The van der Waals surface area contributed by atoms with Gasteiger partial charge < -0.3 is 8.92 Å². The van der Waals surface area contributed by atoms with Crippen molar-refractivity contribution in [3.05, 3.63) is 57.6 Å². The van der Waals surface area contributed by atoms with Crippen LogP contribution < -0.4 is 8.92 Å². The van der Waals surface area contributed by atoms with E-state index in [0.717, 1.165) is 11.6 Å². The molecule has 0 spiro atoms. The zero-order valence-electron chi connectivity index (χ0n) is 14.0. The summed E-state index contributed by atoms with van der Waals surface area (Å²) < 4.78 is 36.5. The summed E-state index contributed by atoms with van der Waals surface area (Å²) in [4.78, 5) is 10.0. The molecule has 0 amide bonds. The van der Waals surface area contributed by atoms with Crippen LogP contribution in [-0.2, 0) is 16.5 Å². The van der Waals surface area contributed by atoms with Gasteiger partial charge in [0.05, 0.1) is 4.92 Å². The molecule has 2 aromatic rings. The third-order valence-corrected chi connectivity index (χ3v) is 5.32. The molecule has 0 aromatic heterocycles. The van der Waals surface area contributed by atoms with Gasteiger partial charge in [0.15, 0.2) is 16.4 Å². The molecule has 0 atom stereocenters. The van der Waals surface area contributed by atoms with E-state index in [1.165, 1.54) is 25.1 Å². The minimum absolute atomic E-state index is 0.0284. The van der Waals surface area contributed by atoms with Crippen molar-refractivity contribution in [2.24, 2.45) is 0 Å². The summed E-state index contributed by atoms with van der Waals surface area (Å²) in [6.45, 7) is 5.26. The number of para-hydroxylation sites is 1. The summed E-state index contributed by atoms with van der Waals surface area (Å²) in [5, 5.41) is 11.2. The molecule has 7 nitrogen and oxygen atoms in total. The summed E-state index contributed by atoms with van der Waals surface area (Å²) in [5.41, 5.74) is 0.0778. The molecule has 0 radical (unpaired) electrons. The van der Waals surface area contributed by atoms with Crippen LogP contribution in [-0.4, -0.2) is 18.9 Å². The smallest absolute Gasteiger partial charge is 0.346 e. The normalized spacial score (nSPS) is 15.3. The quantitative estimate of drug-likeness (QED) is 0.469. The number of hydrogen-bond donors (Lipinski definition) is 0. The number of rotatable bonds is 4. The first-order valence-corrected chi connectivity index (χ1v) is 9.01. The van der Waals surface area contributed by atoms with Crippen LogP contribution in [0.2, 0.25) is 0 Å². The van der Waals surface area contributed by atoms with E-state index in [1.54, 1.807) is 6.07 Å². The van der Waals surface area contributed by atoms with E-state index in [2.05, 4.69) is 0 Å². The molecule has 0 bridgehead atoms. The summed E-state index contributed by atoms with van der Waals surface area (Å²) >= 11 is 0. The highest BCUT2D eigenvalue weighted by atomic mass is 32.2. The monoisotopic (exact) mass is 363 g/mol. The van der Waals surface area contributed by atoms with Crippen LogP contribution in [0.1, 0.15) is 25.0 Å². The van der Waals surface area contributed by atoms with Crippen molar-refractivity contribution in [3.8, 4) is 11.5 Å². The van der Waals surface area contributed by atoms with Gasteiger partial charge in [-0.1, -0.05) is 24.3 Å².